The van der Waals surface area contributed by atoms with Crippen molar-refractivity contribution in [3.8, 4) is 17.2 Å². The summed E-state index contributed by atoms with van der Waals surface area (Å²) in [7, 11) is 1.43. The van der Waals surface area contributed by atoms with Crippen LogP contribution in [0.1, 0.15) is 40.5 Å². The summed E-state index contributed by atoms with van der Waals surface area (Å²) in [6.45, 7) is 0. The van der Waals surface area contributed by atoms with Crippen molar-refractivity contribution in [1.82, 2.24) is 14.6 Å². The van der Waals surface area contributed by atoms with Gasteiger partial charge in [-0.2, -0.15) is 18.3 Å². The molecule has 5 rings (SSSR count). The SMILES string of the molecule is COc1ccccc1Oc1cc(NC(=O)c2cnn3c(C(F)(F)F)cc(C4CC4)nc23)cc([N+](=O)[O-])c1. The molecule has 0 unspecified atom stereocenters. The van der Waals surface area contributed by atoms with E-state index in [1.165, 1.54) is 13.2 Å². The summed E-state index contributed by atoms with van der Waals surface area (Å²) in [6.07, 6.45) is -2.32. The number of non-ortho nitro benzene ring substituents is 1. The number of nitro benzene ring substituents is 1. The zero-order valence-corrected chi connectivity index (χ0v) is 19.2. The average Bonchev–Trinajstić information content (AvgIpc) is 3.61. The maximum absolute atomic E-state index is 13.7. The molecule has 37 heavy (non-hydrogen) atoms. The fourth-order valence-corrected chi connectivity index (χ4v) is 3.78. The van der Waals surface area contributed by atoms with Crippen molar-refractivity contribution in [2.24, 2.45) is 0 Å². The number of carbonyl (C=O) groups excluding carboxylic acids is 1. The standard InChI is InChI=1S/C24H18F3N5O5/c1-36-19-4-2-3-5-20(19)37-16-9-14(8-15(10-16)32(34)35)29-23(33)17-12-28-31-21(24(25,26)27)11-18(13-6-7-13)30-22(17)31/h2-5,8-13H,6-7H2,1H3,(H,29,33). The van der Waals surface area contributed by atoms with E-state index in [0.29, 0.717) is 23.1 Å². The third-order valence-corrected chi connectivity index (χ3v) is 5.68. The lowest BCUT2D eigenvalue weighted by molar-refractivity contribution is -0.384. The van der Waals surface area contributed by atoms with Crippen molar-refractivity contribution in [3.05, 3.63) is 81.8 Å². The number of para-hydroxylation sites is 2. The second-order valence-electron chi connectivity index (χ2n) is 8.31. The first-order valence-corrected chi connectivity index (χ1v) is 11.0. The Kier molecular flexibility index (Phi) is 5.90. The number of hydrogen-bond donors (Lipinski definition) is 1. The van der Waals surface area contributed by atoms with Gasteiger partial charge in [0.15, 0.2) is 17.1 Å². The molecule has 10 nitrogen and oxygen atoms in total. The summed E-state index contributed by atoms with van der Waals surface area (Å²) >= 11 is 0. The van der Waals surface area contributed by atoms with Crippen molar-refractivity contribution >= 4 is 22.9 Å². The minimum Gasteiger partial charge on any atom is -0.493 e. The fraction of sp³-hybridized carbons (Fsp3) is 0.208. The Hall–Kier alpha value is -4.68. The number of benzene rings is 2. The quantitative estimate of drug-likeness (QED) is 0.253. The number of aromatic nitrogens is 3. The van der Waals surface area contributed by atoms with Gasteiger partial charge >= 0.3 is 6.18 Å². The van der Waals surface area contributed by atoms with Gasteiger partial charge in [0.1, 0.15) is 17.0 Å². The highest BCUT2D eigenvalue weighted by Crippen LogP contribution is 2.41. The van der Waals surface area contributed by atoms with Crippen LogP contribution in [0.25, 0.3) is 5.65 Å². The van der Waals surface area contributed by atoms with Gasteiger partial charge in [0.25, 0.3) is 11.6 Å². The number of ether oxygens (including phenoxy) is 2. The molecule has 2 heterocycles. The Morgan fingerprint density at radius 3 is 2.54 bits per heavy atom. The minimum atomic E-state index is -4.71. The first-order chi connectivity index (χ1) is 17.6. The Bertz CT molecular complexity index is 1530. The monoisotopic (exact) mass is 513 g/mol. The maximum Gasteiger partial charge on any atom is 0.433 e. The molecule has 0 aliphatic heterocycles. The third kappa shape index (κ3) is 4.87. The number of alkyl halides is 3. The van der Waals surface area contributed by atoms with Crippen molar-refractivity contribution in [1.29, 1.82) is 0 Å². The van der Waals surface area contributed by atoms with Gasteiger partial charge in [-0.15, -0.1) is 0 Å². The smallest absolute Gasteiger partial charge is 0.433 e. The lowest BCUT2D eigenvalue weighted by Crippen LogP contribution is -2.16. The molecule has 13 heteroatoms. The first kappa shape index (κ1) is 24.0. The number of fused-ring (bicyclic) bond motifs is 1. The number of carbonyl (C=O) groups is 1. The number of hydrogen-bond acceptors (Lipinski definition) is 7. The van der Waals surface area contributed by atoms with Crippen LogP contribution in [0.5, 0.6) is 17.2 Å². The van der Waals surface area contributed by atoms with Crippen molar-refractivity contribution < 1.29 is 32.4 Å². The molecule has 2 aromatic heterocycles. The van der Waals surface area contributed by atoms with E-state index in [1.807, 2.05) is 0 Å². The number of rotatable bonds is 7. The summed E-state index contributed by atoms with van der Waals surface area (Å²) in [6, 6.07) is 11.2. The number of amides is 1. The number of methoxy groups -OCH3 is 1. The molecule has 1 saturated carbocycles. The Balaban J connectivity index is 1.50. The molecule has 1 amide bonds. The van der Waals surface area contributed by atoms with Gasteiger partial charge in [-0.1, -0.05) is 12.1 Å². The van der Waals surface area contributed by atoms with Gasteiger partial charge in [-0.25, -0.2) is 9.50 Å². The van der Waals surface area contributed by atoms with Crippen LogP contribution in [-0.2, 0) is 6.18 Å². The maximum atomic E-state index is 13.7. The minimum absolute atomic E-state index is 0.0159. The molecule has 0 atom stereocenters. The lowest BCUT2D eigenvalue weighted by atomic mass is 10.2. The second kappa shape index (κ2) is 9.08. The van der Waals surface area contributed by atoms with E-state index in [-0.39, 0.29) is 45.7 Å². The highest BCUT2D eigenvalue weighted by molar-refractivity contribution is 6.08. The van der Waals surface area contributed by atoms with E-state index >= 15 is 0 Å². The largest absolute Gasteiger partial charge is 0.493 e. The van der Waals surface area contributed by atoms with Crippen LogP contribution in [0.2, 0.25) is 0 Å². The van der Waals surface area contributed by atoms with Crippen molar-refractivity contribution in [3.63, 3.8) is 0 Å². The molecule has 1 aliphatic rings. The molecular weight excluding hydrogens is 495 g/mol. The molecule has 1 N–H and O–H groups in total. The predicted molar refractivity (Wildman–Crippen MR) is 124 cm³/mol. The first-order valence-electron chi connectivity index (χ1n) is 11.0. The van der Waals surface area contributed by atoms with Crippen LogP contribution in [0.3, 0.4) is 0 Å². The second-order valence-corrected chi connectivity index (χ2v) is 8.31. The van der Waals surface area contributed by atoms with Gasteiger partial charge in [0.05, 0.1) is 30.0 Å². The number of nitro groups is 1. The number of anilines is 1. The molecule has 0 saturated heterocycles. The van der Waals surface area contributed by atoms with E-state index in [1.54, 1.807) is 24.3 Å². The molecule has 190 valence electrons. The van der Waals surface area contributed by atoms with Crippen LogP contribution in [-0.4, -0.2) is 32.5 Å². The van der Waals surface area contributed by atoms with Gasteiger partial charge < -0.3 is 14.8 Å². The molecule has 1 aliphatic carbocycles. The summed E-state index contributed by atoms with van der Waals surface area (Å²) in [5.74, 6) is -0.260. The van der Waals surface area contributed by atoms with Gasteiger partial charge in [-0.3, -0.25) is 14.9 Å². The molecule has 0 spiro atoms. The molecule has 0 bridgehead atoms. The van der Waals surface area contributed by atoms with Crippen molar-refractivity contribution in [2.45, 2.75) is 24.9 Å². The molecule has 0 radical (unpaired) electrons. The average molecular weight is 513 g/mol. The van der Waals surface area contributed by atoms with Gasteiger partial charge in [0.2, 0.25) is 0 Å². The molecule has 1 fully saturated rings. The predicted octanol–water partition coefficient (Wildman–Crippen LogP) is 5.59. The van der Waals surface area contributed by atoms with Gasteiger partial charge in [0, 0.05) is 23.7 Å². The lowest BCUT2D eigenvalue weighted by Gasteiger charge is -2.12. The van der Waals surface area contributed by atoms with Crippen LogP contribution in [0.15, 0.2) is 54.7 Å². The van der Waals surface area contributed by atoms with Crippen LogP contribution < -0.4 is 14.8 Å². The number of nitrogens with zero attached hydrogens (tertiary/aromatic N) is 4. The van der Waals surface area contributed by atoms with E-state index < -0.39 is 22.7 Å². The number of halogens is 3. The van der Waals surface area contributed by atoms with E-state index in [4.69, 9.17) is 9.47 Å². The van der Waals surface area contributed by atoms with Crippen molar-refractivity contribution in [2.75, 3.05) is 12.4 Å². The van der Waals surface area contributed by atoms with Gasteiger partial charge in [-0.05, 0) is 31.0 Å². The fourth-order valence-electron chi connectivity index (χ4n) is 3.78. The van der Waals surface area contributed by atoms with E-state index in [0.717, 1.165) is 24.4 Å². The molecule has 2 aromatic carbocycles. The summed E-state index contributed by atoms with van der Waals surface area (Å²) in [4.78, 5) is 28.2. The Morgan fingerprint density at radius 1 is 1.16 bits per heavy atom. The topological polar surface area (TPSA) is 121 Å². The number of nitrogens with one attached hydrogen (secondary N) is 1. The molecular formula is C24H18F3N5O5. The normalized spacial score (nSPS) is 13.4. The van der Waals surface area contributed by atoms with Crippen LogP contribution >= 0.6 is 0 Å². The van der Waals surface area contributed by atoms with E-state index in [9.17, 15) is 28.1 Å². The summed E-state index contributed by atoms with van der Waals surface area (Å²) in [5.41, 5.74) is -1.68. The third-order valence-electron chi connectivity index (χ3n) is 5.68. The molecule has 4 aromatic rings. The zero-order valence-electron chi connectivity index (χ0n) is 19.2. The van der Waals surface area contributed by atoms with E-state index in [2.05, 4.69) is 15.4 Å². The van der Waals surface area contributed by atoms with Crippen LogP contribution in [0, 0.1) is 10.1 Å². The zero-order chi connectivity index (χ0) is 26.3. The summed E-state index contributed by atoms with van der Waals surface area (Å²) in [5, 5.41) is 17.7. The summed E-state index contributed by atoms with van der Waals surface area (Å²) < 4.78 is 52.5. The Morgan fingerprint density at radius 2 is 1.89 bits per heavy atom. The highest BCUT2D eigenvalue weighted by Gasteiger charge is 2.38. The highest BCUT2D eigenvalue weighted by atomic mass is 19.4. The van der Waals surface area contributed by atoms with Crippen LogP contribution in [0.4, 0.5) is 24.5 Å². The Labute approximate surface area is 206 Å².